The summed E-state index contributed by atoms with van der Waals surface area (Å²) in [5, 5.41) is 2.95. The first-order chi connectivity index (χ1) is 11.1. The van der Waals surface area contributed by atoms with Crippen LogP contribution in [0.3, 0.4) is 0 Å². The molecule has 0 unspecified atom stereocenters. The van der Waals surface area contributed by atoms with Crippen LogP contribution in [0.15, 0.2) is 42.6 Å². The van der Waals surface area contributed by atoms with Crippen molar-refractivity contribution in [1.29, 1.82) is 0 Å². The first-order valence-electron chi connectivity index (χ1n) is 7.43. The van der Waals surface area contributed by atoms with Crippen LogP contribution in [-0.4, -0.2) is 35.4 Å². The number of rotatable bonds is 3. The average molecular weight is 317 g/mol. The molecule has 120 valence electrons. The number of likely N-dealkylation sites (tertiary alicyclic amines) is 1. The third-order valence-corrected chi connectivity index (χ3v) is 4.15. The van der Waals surface area contributed by atoms with E-state index < -0.39 is 11.6 Å². The number of nitrogens with zero attached hydrogens (tertiary/aromatic N) is 2. The van der Waals surface area contributed by atoms with Gasteiger partial charge in [0.25, 0.3) is 5.91 Å². The Hall–Kier alpha value is -2.34. The topological polar surface area (TPSA) is 45.2 Å². The lowest BCUT2D eigenvalue weighted by Crippen LogP contribution is -2.39. The quantitative estimate of drug-likeness (QED) is 0.946. The molecule has 3 rings (SSSR count). The number of benzene rings is 1. The molecule has 1 amide bonds. The molecule has 0 bridgehead atoms. The van der Waals surface area contributed by atoms with Crippen LogP contribution in [0.5, 0.6) is 0 Å². The molecular formula is C17H17F2N3O. The Bertz CT molecular complexity index is 708. The number of amides is 1. The summed E-state index contributed by atoms with van der Waals surface area (Å²) < 4.78 is 26.7. The van der Waals surface area contributed by atoms with Gasteiger partial charge in [-0.25, -0.2) is 8.78 Å². The second-order valence-corrected chi connectivity index (χ2v) is 5.68. The van der Waals surface area contributed by atoms with Crippen molar-refractivity contribution in [2.24, 2.45) is 0 Å². The fraction of sp³-hybridized carbons (Fsp3) is 0.294. The molecule has 1 aliphatic rings. The predicted molar refractivity (Wildman–Crippen MR) is 81.8 cm³/mol. The summed E-state index contributed by atoms with van der Waals surface area (Å²) in [6.07, 6.45) is 2.29. The minimum absolute atomic E-state index is 0.181. The molecule has 1 fully saturated rings. The smallest absolute Gasteiger partial charge is 0.270 e. The molecule has 1 aromatic heterocycles. The number of pyridine rings is 1. The highest BCUT2D eigenvalue weighted by molar-refractivity contribution is 5.92. The molecule has 2 heterocycles. The van der Waals surface area contributed by atoms with Crippen LogP contribution in [0.25, 0.3) is 0 Å². The number of hydrogen-bond donors (Lipinski definition) is 1. The average Bonchev–Trinajstić information content (AvgIpc) is 2.91. The summed E-state index contributed by atoms with van der Waals surface area (Å²) in [6.45, 7) is 0.761. The number of carbonyl (C=O) groups is 1. The van der Waals surface area contributed by atoms with E-state index in [9.17, 15) is 13.6 Å². The van der Waals surface area contributed by atoms with E-state index in [4.69, 9.17) is 0 Å². The summed E-state index contributed by atoms with van der Waals surface area (Å²) >= 11 is 0. The maximum Gasteiger partial charge on any atom is 0.270 e. The molecule has 2 aromatic rings. The third-order valence-electron chi connectivity index (χ3n) is 4.15. The van der Waals surface area contributed by atoms with Gasteiger partial charge >= 0.3 is 0 Å². The van der Waals surface area contributed by atoms with Gasteiger partial charge in [0.05, 0.1) is 12.1 Å². The number of likely N-dealkylation sites (N-methyl/N-ethyl adjacent to an activating group) is 1. The van der Waals surface area contributed by atoms with E-state index in [1.807, 2.05) is 11.9 Å². The molecule has 6 heteroatoms. The van der Waals surface area contributed by atoms with Gasteiger partial charge in [0.2, 0.25) is 0 Å². The van der Waals surface area contributed by atoms with E-state index in [2.05, 4.69) is 10.3 Å². The molecule has 0 radical (unpaired) electrons. The van der Waals surface area contributed by atoms with Gasteiger partial charge in [0.1, 0.15) is 5.69 Å². The highest BCUT2D eigenvalue weighted by Crippen LogP contribution is 2.31. The van der Waals surface area contributed by atoms with Crippen molar-refractivity contribution in [3.05, 3.63) is 65.5 Å². The van der Waals surface area contributed by atoms with Crippen molar-refractivity contribution < 1.29 is 13.6 Å². The van der Waals surface area contributed by atoms with Crippen LogP contribution in [0.4, 0.5) is 8.78 Å². The Morgan fingerprint density at radius 1 is 1.26 bits per heavy atom. The number of hydrogen-bond acceptors (Lipinski definition) is 3. The number of halogens is 2. The van der Waals surface area contributed by atoms with E-state index in [1.165, 1.54) is 6.07 Å². The molecule has 0 spiro atoms. The largest absolute Gasteiger partial charge is 0.346 e. The Morgan fingerprint density at radius 2 is 2.09 bits per heavy atom. The fourth-order valence-corrected chi connectivity index (χ4v) is 3.02. The zero-order valence-corrected chi connectivity index (χ0v) is 12.7. The van der Waals surface area contributed by atoms with Gasteiger partial charge in [0.15, 0.2) is 11.6 Å². The van der Waals surface area contributed by atoms with Gasteiger partial charge in [-0.05, 0) is 43.3 Å². The van der Waals surface area contributed by atoms with Gasteiger partial charge < -0.3 is 5.32 Å². The van der Waals surface area contributed by atoms with Crippen LogP contribution in [0, 0.1) is 11.6 Å². The Morgan fingerprint density at radius 3 is 2.78 bits per heavy atom. The highest BCUT2D eigenvalue weighted by atomic mass is 19.2. The third kappa shape index (κ3) is 3.22. The molecule has 4 nitrogen and oxygen atoms in total. The summed E-state index contributed by atoms with van der Waals surface area (Å²) in [5.41, 5.74) is 0.987. The zero-order chi connectivity index (χ0) is 16.4. The molecule has 1 aromatic carbocycles. The van der Waals surface area contributed by atoms with Crippen LogP contribution in [0.2, 0.25) is 0 Å². The Kier molecular flexibility index (Phi) is 4.34. The van der Waals surface area contributed by atoms with Gasteiger partial charge in [-0.15, -0.1) is 0 Å². The van der Waals surface area contributed by atoms with Gasteiger partial charge in [-0.1, -0.05) is 12.1 Å². The molecular weight excluding hydrogens is 300 g/mol. The van der Waals surface area contributed by atoms with E-state index in [0.717, 1.165) is 19.0 Å². The van der Waals surface area contributed by atoms with Gasteiger partial charge in [-0.2, -0.15) is 0 Å². The molecule has 1 N–H and O–H groups in total. The summed E-state index contributed by atoms with van der Waals surface area (Å²) in [7, 11) is 1.90. The lowest BCUT2D eigenvalue weighted by molar-refractivity contribution is 0.0922. The predicted octanol–water partition coefficient (Wildman–Crippen LogP) is 2.54. The molecule has 2 atom stereocenters. The first kappa shape index (κ1) is 15.6. The second kappa shape index (κ2) is 6.42. The standard InChI is InChI=1S/C17H17F2N3O/c1-22-9-7-14(21-17(23)15-4-2-3-8-20-15)16(22)11-5-6-12(18)13(19)10-11/h2-6,8,10,14,16H,7,9H2,1H3,(H,21,23)/t14-,16+/m1/s1. The molecule has 1 saturated heterocycles. The van der Waals surface area contributed by atoms with E-state index in [0.29, 0.717) is 11.3 Å². The SMILES string of the molecule is CN1CC[C@@H](NC(=O)c2ccccn2)[C@@H]1c1ccc(F)c(F)c1. The van der Waals surface area contributed by atoms with E-state index in [1.54, 1.807) is 30.5 Å². The number of nitrogens with one attached hydrogen (secondary N) is 1. The minimum Gasteiger partial charge on any atom is -0.346 e. The maximum atomic E-state index is 13.5. The molecule has 0 aliphatic carbocycles. The fourth-order valence-electron chi connectivity index (χ4n) is 3.02. The normalized spacial score (nSPS) is 21.3. The van der Waals surface area contributed by atoms with Crippen molar-refractivity contribution in [1.82, 2.24) is 15.2 Å². The maximum absolute atomic E-state index is 13.5. The number of carbonyl (C=O) groups excluding carboxylic acids is 1. The molecule has 23 heavy (non-hydrogen) atoms. The number of aromatic nitrogens is 1. The van der Waals surface area contributed by atoms with Gasteiger partial charge in [-0.3, -0.25) is 14.7 Å². The summed E-state index contributed by atoms with van der Waals surface area (Å²) in [5.74, 6) is -2.01. The van der Waals surface area contributed by atoms with Crippen LogP contribution < -0.4 is 5.32 Å². The van der Waals surface area contributed by atoms with E-state index in [-0.39, 0.29) is 18.0 Å². The van der Waals surface area contributed by atoms with Crippen molar-refractivity contribution in [2.45, 2.75) is 18.5 Å². The van der Waals surface area contributed by atoms with Crippen LogP contribution in [-0.2, 0) is 0 Å². The molecule has 1 aliphatic heterocycles. The van der Waals surface area contributed by atoms with Crippen molar-refractivity contribution in [3.63, 3.8) is 0 Å². The van der Waals surface area contributed by atoms with Crippen LogP contribution in [0.1, 0.15) is 28.5 Å². The van der Waals surface area contributed by atoms with Crippen molar-refractivity contribution >= 4 is 5.91 Å². The summed E-state index contributed by atoms with van der Waals surface area (Å²) in [4.78, 5) is 18.3. The van der Waals surface area contributed by atoms with Crippen molar-refractivity contribution in [2.75, 3.05) is 13.6 Å². The summed E-state index contributed by atoms with van der Waals surface area (Å²) in [6, 6.07) is 8.62. The first-order valence-corrected chi connectivity index (χ1v) is 7.43. The molecule has 0 saturated carbocycles. The Balaban J connectivity index is 1.81. The van der Waals surface area contributed by atoms with Crippen LogP contribution >= 0.6 is 0 Å². The Labute approximate surface area is 133 Å². The lowest BCUT2D eigenvalue weighted by atomic mass is 9.99. The monoisotopic (exact) mass is 317 g/mol. The highest BCUT2D eigenvalue weighted by Gasteiger charge is 2.34. The van der Waals surface area contributed by atoms with Gasteiger partial charge in [0, 0.05) is 12.7 Å². The minimum atomic E-state index is -0.877. The second-order valence-electron chi connectivity index (χ2n) is 5.68. The van der Waals surface area contributed by atoms with E-state index >= 15 is 0 Å². The lowest BCUT2D eigenvalue weighted by Gasteiger charge is -2.26. The van der Waals surface area contributed by atoms with Crippen molar-refractivity contribution in [3.8, 4) is 0 Å². The zero-order valence-electron chi connectivity index (χ0n) is 12.7.